The maximum Gasteiger partial charge on any atom is 0.407 e. The SMILES string of the molecule is CC.CCCC.COCCNC(=O)OC1CC[C@]2(CO2)C(/C(C)=C(\O)CC=C(C)C)C1OC. The molecule has 2 N–H and O–H groups in total. The molecule has 1 saturated carbocycles. The summed E-state index contributed by atoms with van der Waals surface area (Å²) in [7, 11) is 3.18. The Labute approximate surface area is 201 Å². The van der Waals surface area contributed by atoms with Crippen LogP contribution in [0.15, 0.2) is 23.0 Å². The lowest BCUT2D eigenvalue weighted by Gasteiger charge is -2.41. The molecule has 0 aromatic carbocycles. The number of unbranched alkanes of at least 4 members (excludes halogenated alkanes) is 1. The molecule has 0 aromatic heterocycles. The fourth-order valence-corrected chi connectivity index (χ4v) is 3.77. The average Bonchev–Trinajstić information content (AvgIpc) is 3.59. The number of ether oxygens (including phenoxy) is 4. The minimum atomic E-state index is -0.485. The van der Waals surface area contributed by atoms with Crippen LogP contribution in [0.25, 0.3) is 0 Å². The highest BCUT2D eigenvalue weighted by Crippen LogP contribution is 2.51. The highest BCUT2D eigenvalue weighted by molar-refractivity contribution is 5.67. The molecule has 1 aliphatic heterocycles. The van der Waals surface area contributed by atoms with Crippen LogP contribution in [0.3, 0.4) is 0 Å². The summed E-state index contributed by atoms with van der Waals surface area (Å²) >= 11 is 0. The van der Waals surface area contributed by atoms with Gasteiger partial charge in [-0.05, 0) is 39.2 Å². The van der Waals surface area contributed by atoms with Gasteiger partial charge in [0, 0.05) is 33.1 Å². The fraction of sp³-hybridized carbons (Fsp3) is 0.808. The first-order chi connectivity index (χ1) is 15.8. The predicted octanol–water partition coefficient (Wildman–Crippen LogP) is 5.94. The first-order valence-electron chi connectivity index (χ1n) is 12.4. The Balaban J connectivity index is 0.00000154. The molecule has 7 heteroatoms. The maximum absolute atomic E-state index is 12.1. The van der Waals surface area contributed by atoms with E-state index < -0.39 is 12.2 Å². The van der Waals surface area contributed by atoms with Crippen LogP contribution < -0.4 is 5.32 Å². The van der Waals surface area contributed by atoms with Crippen LogP contribution in [0.5, 0.6) is 0 Å². The van der Waals surface area contributed by atoms with Gasteiger partial charge in [-0.25, -0.2) is 4.79 Å². The monoisotopic (exact) mass is 471 g/mol. The van der Waals surface area contributed by atoms with E-state index in [1.165, 1.54) is 12.8 Å². The van der Waals surface area contributed by atoms with Gasteiger partial charge in [0.2, 0.25) is 0 Å². The highest BCUT2D eigenvalue weighted by atomic mass is 16.6. The number of allylic oxidation sites excluding steroid dienone is 2. The Bertz CT molecular complexity index is 606. The van der Waals surface area contributed by atoms with Crippen LogP contribution >= 0.6 is 0 Å². The van der Waals surface area contributed by atoms with E-state index in [2.05, 4.69) is 19.2 Å². The molecule has 1 spiro atoms. The molecule has 2 rings (SSSR count). The Morgan fingerprint density at radius 3 is 2.24 bits per heavy atom. The molecule has 0 bridgehead atoms. The molecule has 0 aromatic rings. The highest BCUT2D eigenvalue weighted by Gasteiger charge is 2.60. The van der Waals surface area contributed by atoms with E-state index in [9.17, 15) is 9.90 Å². The quantitative estimate of drug-likeness (QED) is 0.187. The Hall–Kier alpha value is -1.57. The number of epoxide rings is 1. The van der Waals surface area contributed by atoms with Gasteiger partial charge in [0.25, 0.3) is 0 Å². The third kappa shape index (κ3) is 10.5. The molecular weight excluding hydrogens is 422 g/mol. The van der Waals surface area contributed by atoms with Crippen molar-refractivity contribution in [3.05, 3.63) is 23.0 Å². The van der Waals surface area contributed by atoms with Crippen molar-refractivity contribution in [3.63, 3.8) is 0 Å². The van der Waals surface area contributed by atoms with Crippen molar-refractivity contribution in [1.29, 1.82) is 0 Å². The zero-order valence-corrected chi connectivity index (χ0v) is 22.5. The third-order valence-electron chi connectivity index (χ3n) is 5.86. The van der Waals surface area contributed by atoms with E-state index in [0.29, 0.717) is 38.4 Å². The molecule has 194 valence electrons. The smallest absolute Gasteiger partial charge is 0.407 e. The van der Waals surface area contributed by atoms with Crippen LogP contribution in [-0.4, -0.2) is 63.0 Å². The number of rotatable bonds is 9. The maximum atomic E-state index is 12.1. The van der Waals surface area contributed by atoms with Crippen LogP contribution in [0, 0.1) is 5.92 Å². The molecular formula is C26H49NO6. The predicted molar refractivity (Wildman–Crippen MR) is 134 cm³/mol. The fourth-order valence-electron chi connectivity index (χ4n) is 3.77. The Morgan fingerprint density at radius 2 is 1.79 bits per heavy atom. The number of methoxy groups -OCH3 is 2. The second kappa shape index (κ2) is 17.0. The van der Waals surface area contributed by atoms with Crippen molar-refractivity contribution in [2.75, 3.05) is 34.0 Å². The zero-order valence-electron chi connectivity index (χ0n) is 22.5. The minimum absolute atomic E-state index is 0.154. The second-order valence-electron chi connectivity index (χ2n) is 8.55. The molecule has 0 radical (unpaired) electrons. The first-order valence-corrected chi connectivity index (χ1v) is 12.4. The minimum Gasteiger partial charge on any atom is -0.512 e. The number of amides is 1. The van der Waals surface area contributed by atoms with Gasteiger partial charge >= 0.3 is 6.09 Å². The number of hydrogen-bond acceptors (Lipinski definition) is 6. The number of carbonyl (C=O) groups excluding carboxylic acids is 1. The number of carbonyl (C=O) groups is 1. The summed E-state index contributed by atoms with van der Waals surface area (Å²) in [6, 6.07) is 0. The van der Waals surface area contributed by atoms with Gasteiger partial charge in [0.1, 0.15) is 17.8 Å². The third-order valence-corrected chi connectivity index (χ3v) is 5.86. The number of nitrogens with one attached hydrogen (secondary N) is 1. The molecule has 1 aliphatic carbocycles. The van der Waals surface area contributed by atoms with Crippen molar-refractivity contribution < 1.29 is 28.8 Å². The van der Waals surface area contributed by atoms with Gasteiger partial charge in [-0.15, -0.1) is 0 Å². The van der Waals surface area contributed by atoms with E-state index in [-0.39, 0.29) is 17.6 Å². The second-order valence-corrected chi connectivity index (χ2v) is 8.55. The Kier molecular flexibility index (Phi) is 16.1. The average molecular weight is 472 g/mol. The molecule has 1 amide bonds. The van der Waals surface area contributed by atoms with Gasteiger partial charge in [-0.2, -0.15) is 0 Å². The number of hydrogen-bond donors (Lipinski definition) is 2. The molecule has 2 fully saturated rings. The summed E-state index contributed by atoms with van der Waals surface area (Å²) in [4.78, 5) is 12.1. The zero-order chi connectivity index (χ0) is 25.4. The standard InChI is InChI=1S/C20H33NO6.C4H10.C2H6/c1-13(2)6-7-15(22)14(3)17-18(25-5)16(8-9-20(17)12-26-20)27-19(23)21-10-11-24-4;1-3-4-2;1-2/h6,16-18,22H,7-12H2,1-5H3,(H,21,23);3-4H2,1-2H3;1-2H3/b15-14-;;/t16?,17?,18?,20-;;/m0../s1. The summed E-state index contributed by atoms with van der Waals surface area (Å²) in [5, 5.41) is 13.3. The van der Waals surface area contributed by atoms with E-state index >= 15 is 0 Å². The molecule has 1 saturated heterocycles. The molecule has 33 heavy (non-hydrogen) atoms. The van der Waals surface area contributed by atoms with E-state index in [1.54, 1.807) is 14.2 Å². The Morgan fingerprint density at radius 1 is 1.18 bits per heavy atom. The van der Waals surface area contributed by atoms with E-state index in [1.807, 2.05) is 40.7 Å². The number of alkyl carbamates (subject to hydrolysis) is 1. The molecule has 3 unspecified atom stereocenters. The summed E-state index contributed by atoms with van der Waals surface area (Å²) < 4.78 is 22.1. The first kappa shape index (κ1) is 31.4. The molecule has 4 atom stereocenters. The van der Waals surface area contributed by atoms with Gasteiger partial charge in [-0.3, -0.25) is 0 Å². The van der Waals surface area contributed by atoms with Crippen molar-refractivity contribution >= 4 is 6.09 Å². The van der Waals surface area contributed by atoms with Crippen molar-refractivity contribution in [2.45, 2.75) is 98.4 Å². The van der Waals surface area contributed by atoms with Gasteiger partial charge in [0.15, 0.2) is 0 Å². The normalized spacial score (nSPS) is 26.0. The largest absolute Gasteiger partial charge is 0.512 e. The lowest BCUT2D eigenvalue weighted by molar-refractivity contribution is -0.0896. The van der Waals surface area contributed by atoms with E-state index in [4.69, 9.17) is 18.9 Å². The molecule has 1 heterocycles. The summed E-state index contributed by atoms with van der Waals surface area (Å²) in [5.74, 6) is 0.168. The number of aliphatic hydroxyl groups is 1. The summed E-state index contributed by atoms with van der Waals surface area (Å²) in [6.45, 7) is 15.7. The lowest BCUT2D eigenvalue weighted by atomic mass is 9.71. The van der Waals surface area contributed by atoms with Crippen LogP contribution in [-0.2, 0) is 18.9 Å². The van der Waals surface area contributed by atoms with Crippen molar-refractivity contribution in [1.82, 2.24) is 5.32 Å². The lowest BCUT2D eigenvalue weighted by Crippen LogP contribution is -2.51. The van der Waals surface area contributed by atoms with Crippen molar-refractivity contribution in [3.8, 4) is 0 Å². The van der Waals surface area contributed by atoms with Gasteiger partial charge in [-0.1, -0.05) is 52.2 Å². The summed E-state index contributed by atoms with van der Waals surface area (Å²) in [5.41, 5.74) is 1.66. The number of aliphatic hydroxyl groups excluding tert-OH is 1. The van der Waals surface area contributed by atoms with Crippen LogP contribution in [0.4, 0.5) is 4.79 Å². The van der Waals surface area contributed by atoms with Gasteiger partial charge in [0.05, 0.1) is 19.0 Å². The molecule has 7 nitrogen and oxygen atoms in total. The van der Waals surface area contributed by atoms with Crippen molar-refractivity contribution in [2.24, 2.45) is 5.92 Å². The topological polar surface area (TPSA) is 89.6 Å². The van der Waals surface area contributed by atoms with Gasteiger partial charge < -0.3 is 29.4 Å². The van der Waals surface area contributed by atoms with Crippen LogP contribution in [0.2, 0.25) is 0 Å². The van der Waals surface area contributed by atoms with E-state index in [0.717, 1.165) is 17.6 Å². The molecule has 2 aliphatic rings. The summed E-state index contributed by atoms with van der Waals surface area (Å²) in [6.07, 6.45) is 5.27. The van der Waals surface area contributed by atoms with Crippen LogP contribution in [0.1, 0.15) is 80.6 Å².